The lowest BCUT2D eigenvalue weighted by molar-refractivity contribution is 0.361. The van der Waals surface area contributed by atoms with Gasteiger partial charge in [-0.15, -0.1) is 0 Å². The van der Waals surface area contributed by atoms with Crippen LogP contribution in [0.25, 0.3) is 0 Å². The van der Waals surface area contributed by atoms with E-state index in [4.69, 9.17) is 0 Å². The third kappa shape index (κ3) is 5.03. The van der Waals surface area contributed by atoms with Crippen molar-refractivity contribution in [2.24, 2.45) is 5.92 Å². The summed E-state index contributed by atoms with van der Waals surface area (Å²) < 4.78 is 0. The molecule has 0 spiro atoms. The molecule has 0 saturated carbocycles. The first kappa shape index (κ1) is 14.1. The molecule has 2 rings (SSSR count). The number of hydrogen-bond donors (Lipinski definition) is 3. The molecule has 1 aliphatic heterocycles. The van der Waals surface area contributed by atoms with Gasteiger partial charge in [-0.25, -0.2) is 9.97 Å². The highest BCUT2D eigenvalue weighted by molar-refractivity contribution is 5.46. The van der Waals surface area contributed by atoms with Crippen molar-refractivity contribution in [2.75, 3.05) is 36.8 Å². The fourth-order valence-corrected chi connectivity index (χ4v) is 2.38. The Bertz CT molecular complexity index is 363. The zero-order chi connectivity index (χ0) is 13.3. The van der Waals surface area contributed by atoms with Crippen LogP contribution in [0.3, 0.4) is 0 Å². The van der Waals surface area contributed by atoms with Crippen molar-refractivity contribution < 1.29 is 0 Å². The van der Waals surface area contributed by atoms with E-state index in [1.54, 1.807) is 6.33 Å². The molecule has 3 N–H and O–H groups in total. The van der Waals surface area contributed by atoms with Crippen LogP contribution >= 0.6 is 0 Å². The fraction of sp³-hybridized carbons (Fsp3) is 0.714. The topological polar surface area (TPSA) is 61.9 Å². The van der Waals surface area contributed by atoms with Gasteiger partial charge in [-0.1, -0.05) is 6.92 Å². The van der Waals surface area contributed by atoms with Gasteiger partial charge in [0.05, 0.1) is 0 Å². The van der Waals surface area contributed by atoms with Crippen molar-refractivity contribution in [3.8, 4) is 0 Å². The largest absolute Gasteiger partial charge is 0.370 e. The Balaban J connectivity index is 1.72. The normalized spacial score (nSPS) is 16.3. The quantitative estimate of drug-likeness (QED) is 0.703. The SMILES string of the molecule is CCCNc1cc(NCCC2CCNCC2)ncn1. The Morgan fingerprint density at radius 3 is 2.53 bits per heavy atom. The zero-order valence-corrected chi connectivity index (χ0v) is 11.8. The average Bonchev–Trinajstić information content (AvgIpc) is 2.47. The Kier molecular flexibility index (Phi) is 5.88. The van der Waals surface area contributed by atoms with Gasteiger partial charge in [0.15, 0.2) is 0 Å². The molecular formula is C14H25N5. The third-order valence-electron chi connectivity index (χ3n) is 3.54. The van der Waals surface area contributed by atoms with Gasteiger partial charge in [-0.05, 0) is 44.7 Å². The first-order valence-electron chi connectivity index (χ1n) is 7.39. The Morgan fingerprint density at radius 2 is 1.84 bits per heavy atom. The van der Waals surface area contributed by atoms with Crippen LogP contribution in [0.15, 0.2) is 12.4 Å². The Hall–Kier alpha value is -1.36. The minimum absolute atomic E-state index is 0.855. The molecular weight excluding hydrogens is 238 g/mol. The molecule has 5 nitrogen and oxygen atoms in total. The van der Waals surface area contributed by atoms with E-state index in [0.717, 1.165) is 37.1 Å². The molecule has 0 amide bonds. The van der Waals surface area contributed by atoms with Crippen molar-refractivity contribution in [1.82, 2.24) is 15.3 Å². The lowest BCUT2D eigenvalue weighted by Gasteiger charge is -2.22. The molecule has 1 aromatic heterocycles. The van der Waals surface area contributed by atoms with Crippen LogP contribution in [-0.4, -0.2) is 36.1 Å². The Labute approximate surface area is 115 Å². The maximum Gasteiger partial charge on any atom is 0.131 e. The number of rotatable bonds is 7. The molecule has 0 aromatic carbocycles. The second kappa shape index (κ2) is 7.94. The molecule has 0 radical (unpaired) electrons. The highest BCUT2D eigenvalue weighted by Gasteiger charge is 2.12. The van der Waals surface area contributed by atoms with Crippen LogP contribution in [0.5, 0.6) is 0 Å². The summed E-state index contributed by atoms with van der Waals surface area (Å²) in [5.74, 6) is 2.68. The summed E-state index contributed by atoms with van der Waals surface area (Å²) in [6, 6.07) is 1.98. The van der Waals surface area contributed by atoms with E-state index >= 15 is 0 Å². The summed E-state index contributed by atoms with van der Waals surface area (Å²) in [5, 5.41) is 10.1. The maximum atomic E-state index is 4.26. The summed E-state index contributed by atoms with van der Waals surface area (Å²) in [7, 11) is 0. The molecule has 106 valence electrons. The molecule has 1 aliphatic rings. The summed E-state index contributed by atoms with van der Waals surface area (Å²) in [5.41, 5.74) is 0. The van der Waals surface area contributed by atoms with Gasteiger partial charge in [-0.2, -0.15) is 0 Å². The lowest BCUT2D eigenvalue weighted by atomic mass is 9.95. The number of aromatic nitrogens is 2. The van der Waals surface area contributed by atoms with Crippen molar-refractivity contribution in [2.45, 2.75) is 32.6 Å². The van der Waals surface area contributed by atoms with Crippen LogP contribution in [0.4, 0.5) is 11.6 Å². The first-order chi connectivity index (χ1) is 9.38. The van der Waals surface area contributed by atoms with E-state index in [2.05, 4.69) is 32.8 Å². The predicted molar refractivity (Wildman–Crippen MR) is 79.5 cm³/mol. The van der Waals surface area contributed by atoms with Gasteiger partial charge in [0.25, 0.3) is 0 Å². The van der Waals surface area contributed by atoms with Crippen LogP contribution < -0.4 is 16.0 Å². The second-order valence-electron chi connectivity index (χ2n) is 5.12. The molecule has 1 fully saturated rings. The van der Waals surface area contributed by atoms with Crippen LogP contribution in [-0.2, 0) is 0 Å². The van der Waals surface area contributed by atoms with E-state index < -0.39 is 0 Å². The standard InChI is InChI=1S/C14H25N5/c1-2-6-16-13-10-14(19-11-18-13)17-9-5-12-3-7-15-8-4-12/h10-12,15H,2-9H2,1H3,(H2,16,17,18,19). The van der Waals surface area contributed by atoms with Gasteiger partial charge in [0, 0.05) is 19.2 Å². The predicted octanol–water partition coefficient (Wildman–Crippen LogP) is 2.10. The molecule has 1 aromatic rings. The van der Waals surface area contributed by atoms with E-state index in [0.29, 0.717) is 0 Å². The summed E-state index contributed by atoms with van der Waals surface area (Å²) >= 11 is 0. The lowest BCUT2D eigenvalue weighted by Crippen LogP contribution is -2.28. The van der Waals surface area contributed by atoms with Crippen molar-refractivity contribution in [3.05, 3.63) is 12.4 Å². The monoisotopic (exact) mass is 263 g/mol. The number of anilines is 2. The van der Waals surface area contributed by atoms with Gasteiger partial charge in [0.1, 0.15) is 18.0 Å². The molecule has 2 heterocycles. The number of piperidine rings is 1. The third-order valence-corrected chi connectivity index (χ3v) is 3.54. The van der Waals surface area contributed by atoms with Crippen molar-refractivity contribution >= 4 is 11.6 Å². The minimum Gasteiger partial charge on any atom is -0.370 e. The van der Waals surface area contributed by atoms with Gasteiger partial charge in [0.2, 0.25) is 0 Å². The molecule has 5 heteroatoms. The van der Waals surface area contributed by atoms with Crippen LogP contribution in [0.1, 0.15) is 32.6 Å². The van der Waals surface area contributed by atoms with E-state index in [1.807, 2.05) is 6.07 Å². The maximum absolute atomic E-state index is 4.26. The highest BCUT2D eigenvalue weighted by Crippen LogP contribution is 2.16. The summed E-state index contributed by atoms with van der Waals surface area (Å²) in [6.07, 6.45) is 6.54. The summed E-state index contributed by atoms with van der Waals surface area (Å²) in [4.78, 5) is 8.46. The molecule has 0 bridgehead atoms. The van der Waals surface area contributed by atoms with E-state index in [9.17, 15) is 0 Å². The first-order valence-corrected chi connectivity index (χ1v) is 7.39. The fourth-order valence-electron chi connectivity index (χ4n) is 2.38. The van der Waals surface area contributed by atoms with E-state index in [-0.39, 0.29) is 0 Å². The average molecular weight is 263 g/mol. The number of nitrogens with one attached hydrogen (secondary N) is 3. The minimum atomic E-state index is 0.855. The van der Waals surface area contributed by atoms with Gasteiger partial charge < -0.3 is 16.0 Å². The van der Waals surface area contributed by atoms with Gasteiger partial charge in [-0.3, -0.25) is 0 Å². The van der Waals surface area contributed by atoms with Crippen LogP contribution in [0, 0.1) is 5.92 Å². The number of nitrogens with zero attached hydrogens (tertiary/aromatic N) is 2. The highest BCUT2D eigenvalue weighted by atomic mass is 15.1. The smallest absolute Gasteiger partial charge is 0.131 e. The molecule has 19 heavy (non-hydrogen) atoms. The zero-order valence-electron chi connectivity index (χ0n) is 11.8. The second-order valence-corrected chi connectivity index (χ2v) is 5.12. The number of hydrogen-bond acceptors (Lipinski definition) is 5. The van der Waals surface area contributed by atoms with Gasteiger partial charge >= 0.3 is 0 Å². The Morgan fingerprint density at radius 1 is 1.16 bits per heavy atom. The van der Waals surface area contributed by atoms with E-state index in [1.165, 1.54) is 32.4 Å². The molecule has 0 atom stereocenters. The molecule has 0 aliphatic carbocycles. The van der Waals surface area contributed by atoms with Crippen molar-refractivity contribution in [1.29, 1.82) is 0 Å². The molecule has 0 unspecified atom stereocenters. The molecule has 1 saturated heterocycles. The summed E-state index contributed by atoms with van der Waals surface area (Å²) in [6.45, 7) is 6.43. The van der Waals surface area contributed by atoms with Crippen molar-refractivity contribution in [3.63, 3.8) is 0 Å². The van der Waals surface area contributed by atoms with Crippen LogP contribution in [0.2, 0.25) is 0 Å².